The fourth-order valence-corrected chi connectivity index (χ4v) is 4.52. The third-order valence-corrected chi connectivity index (χ3v) is 6.00. The maximum Gasteiger partial charge on any atom is 0.262 e. The summed E-state index contributed by atoms with van der Waals surface area (Å²) in [5.41, 5.74) is 1.39. The molecule has 2 fully saturated rings. The Morgan fingerprint density at radius 3 is 2.52 bits per heavy atom. The van der Waals surface area contributed by atoms with Gasteiger partial charge in [-0.05, 0) is 69.8 Å². The highest BCUT2D eigenvalue weighted by atomic mass is 16.2. The lowest BCUT2D eigenvalue weighted by atomic mass is 9.91. The number of benzene rings is 1. The number of carbonyl (C=O) groups excluding carboxylic acids is 4. The van der Waals surface area contributed by atoms with Gasteiger partial charge in [0.2, 0.25) is 11.8 Å². The monoisotopic (exact) mass is 398 g/mol. The average Bonchev–Trinajstić information content (AvgIpc) is 2.93. The van der Waals surface area contributed by atoms with Crippen molar-refractivity contribution in [3.63, 3.8) is 0 Å². The van der Waals surface area contributed by atoms with Crippen molar-refractivity contribution < 1.29 is 19.2 Å². The average molecular weight is 398 g/mol. The van der Waals surface area contributed by atoms with E-state index in [1.165, 1.54) is 12.8 Å². The van der Waals surface area contributed by atoms with E-state index >= 15 is 0 Å². The summed E-state index contributed by atoms with van der Waals surface area (Å²) in [4.78, 5) is 50.1. The minimum absolute atomic E-state index is 0.116. The predicted octanol–water partition coefficient (Wildman–Crippen LogP) is 1.28. The van der Waals surface area contributed by atoms with E-state index in [0.29, 0.717) is 17.0 Å². The van der Waals surface area contributed by atoms with Gasteiger partial charge in [-0.15, -0.1) is 0 Å². The molecule has 3 N–H and O–H groups in total. The molecule has 3 aliphatic rings. The second kappa shape index (κ2) is 7.94. The fourth-order valence-electron chi connectivity index (χ4n) is 4.52. The number of nitrogens with zero attached hydrogens (tertiary/aromatic N) is 1. The number of fused-ring (bicyclic) bond motifs is 1. The quantitative estimate of drug-likeness (QED) is 0.645. The molecule has 1 aromatic carbocycles. The van der Waals surface area contributed by atoms with Crippen molar-refractivity contribution in [2.24, 2.45) is 5.92 Å². The van der Waals surface area contributed by atoms with Crippen LogP contribution < -0.4 is 16.0 Å². The van der Waals surface area contributed by atoms with Gasteiger partial charge in [-0.3, -0.25) is 29.4 Å². The van der Waals surface area contributed by atoms with Gasteiger partial charge < -0.3 is 10.6 Å². The second-order valence-corrected chi connectivity index (χ2v) is 8.18. The van der Waals surface area contributed by atoms with E-state index in [1.54, 1.807) is 18.2 Å². The van der Waals surface area contributed by atoms with Crippen molar-refractivity contribution in [3.8, 4) is 0 Å². The molecule has 3 heterocycles. The van der Waals surface area contributed by atoms with E-state index in [0.717, 1.165) is 30.1 Å². The minimum Gasteiger partial charge on any atom is -0.383 e. The van der Waals surface area contributed by atoms with Crippen LogP contribution in [0, 0.1) is 5.92 Å². The van der Waals surface area contributed by atoms with Crippen molar-refractivity contribution in [2.75, 3.05) is 18.4 Å². The number of hydrogen-bond donors (Lipinski definition) is 3. The molecule has 0 aromatic heterocycles. The number of imide groups is 2. The van der Waals surface area contributed by atoms with Crippen molar-refractivity contribution in [3.05, 3.63) is 29.3 Å². The zero-order chi connectivity index (χ0) is 20.5. The highest BCUT2D eigenvalue weighted by Crippen LogP contribution is 2.30. The van der Waals surface area contributed by atoms with Crippen LogP contribution in [0.3, 0.4) is 0 Å². The van der Waals surface area contributed by atoms with E-state index in [-0.39, 0.29) is 24.8 Å². The summed E-state index contributed by atoms with van der Waals surface area (Å²) >= 11 is 0. The molecular formula is C21H26N4O4. The Labute approximate surface area is 169 Å². The molecule has 0 aliphatic carbocycles. The van der Waals surface area contributed by atoms with Crippen LogP contribution in [0.15, 0.2) is 18.2 Å². The molecule has 2 unspecified atom stereocenters. The van der Waals surface area contributed by atoms with Crippen LogP contribution in [0.1, 0.15) is 59.7 Å². The Hall–Kier alpha value is -2.74. The summed E-state index contributed by atoms with van der Waals surface area (Å²) in [5, 5.41) is 9.02. The number of rotatable bonds is 5. The SMILES string of the molecule is CC(CC1CCNCC1)Nc1ccc2c(c1)C(=O)N(C1CCC(=O)NC1=O)C2=O. The first kappa shape index (κ1) is 19.6. The lowest BCUT2D eigenvalue weighted by Gasteiger charge is -2.27. The first-order chi connectivity index (χ1) is 13.9. The summed E-state index contributed by atoms with van der Waals surface area (Å²) in [6, 6.07) is 4.45. The third kappa shape index (κ3) is 3.89. The van der Waals surface area contributed by atoms with Crippen LogP contribution in [0.25, 0.3) is 0 Å². The minimum atomic E-state index is -0.935. The van der Waals surface area contributed by atoms with Crippen LogP contribution >= 0.6 is 0 Å². The maximum absolute atomic E-state index is 12.9. The summed E-state index contributed by atoms with van der Waals surface area (Å²) < 4.78 is 0. The van der Waals surface area contributed by atoms with Crippen LogP contribution in [0.5, 0.6) is 0 Å². The highest BCUT2D eigenvalue weighted by Gasteiger charge is 2.44. The molecule has 2 atom stereocenters. The normalized spacial score (nSPS) is 23.8. The zero-order valence-electron chi connectivity index (χ0n) is 16.5. The Balaban J connectivity index is 1.46. The lowest BCUT2D eigenvalue weighted by Crippen LogP contribution is -2.54. The molecule has 0 bridgehead atoms. The van der Waals surface area contributed by atoms with Crippen molar-refractivity contribution in [2.45, 2.75) is 51.1 Å². The van der Waals surface area contributed by atoms with Gasteiger partial charge in [0.1, 0.15) is 6.04 Å². The standard InChI is InChI=1S/C21H26N4O4/c1-12(10-13-6-8-22-9-7-13)23-14-2-3-15-16(11-14)21(29)25(20(15)28)17-4-5-18(26)24-19(17)27/h2-3,11-13,17,22-23H,4-10H2,1H3,(H,24,26,27). The number of anilines is 1. The largest absolute Gasteiger partial charge is 0.383 e. The van der Waals surface area contributed by atoms with Crippen LogP contribution in [0.2, 0.25) is 0 Å². The molecule has 8 heteroatoms. The topological polar surface area (TPSA) is 108 Å². The van der Waals surface area contributed by atoms with E-state index < -0.39 is 23.8 Å². The number of nitrogens with one attached hydrogen (secondary N) is 3. The van der Waals surface area contributed by atoms with E-state index in [4.69, 9.17) is 0 Å². The van der Waals surface area contributed by atoms with Crippen molar-refractivity contribution in [1.29, 1.82) is 0 Å². The van der Waals surface area contributed by atoms with Gasteiger partial charge in [0.25, 0.3) is 11.8 Å². The summed E-state index contributed by atoms with van der Waals surface area (Å²) in [5.74, 6) is -1.25. The van der Waals surface area contributed by atoms with Crippen LogP contribution in [-0.2, 0) is 9.59 Å². The lowest BCUT2D eigenvalue weighted by molar-refractivity contribution is -0.136. The molecule has 0 spiro atoms. The van der Waals surface area contributed by atoms with Gasteiger partial charge in [0.15, 0.2) is 0 Å². The summed E-state index contributed by atoms with van der Waals surface area (Å²) in [7, 11) is 0. The Bertz CT molecular complexity index is 862. The summed E-state index contributed by atoms with van der Waals surface area (Å²) in [6.07, 6.45) is 3.67. The van der Waals surface area contributed by atoms with Gasteiger partial charge in [0.05, 0.1) is 11.1 Å². The van der Waals surface area contributed by atoms with E-state index in [1.807, 2.05) is 0 Å². The van der Waals surface area contributed by atoms with Gasteiger partial charge in [0, 0.05) is 18.2 Å². The predicted molar refractivity (Wildman–Crippen MR) is 106 cm³/mol. The Kier molecular flexibility index (Phi) is 5.36. The highest BCUT2D eigenvalue weighted by molar-refractivity contribution is 6.23. The summed E-state index contributed by atoms with van der Waals surface area (Å²) in [6.45, 7) is 4.24. The van der Waals surface area contributed by atoms with E-state index in [2.05, 4.69) is 22.9 Å². The molecule has 2 saturated heterocycles. The fraction of sp³-hybridized carbons (Fsp3) is 0.524. The van der Waals surface area contributed by atoms with Gasteiger partial charge in [-0.2, -0.15) is 0 Å². The second-order valence-electron chi connectivity index (χ2n) is 8.18. The molecule has 4 amide bonds. The maximum atomic E-state index is 12.9. The van der Waals surface area contributed by atoms with Gasteiger partial charge in [-0.1, -0.05) is 0 Å². The third-order valence-electron chi connectivity index (χ3n) is 6.00. The molecule has 0 saturated carbocycles. The smallest absolute Gasteiger partial charge is 0.262 e. The van der Waals surface area contributed by atoms with E-state index in [9.17, 15) is 19.2 Å². The molecule has 1 aromatic rings. The van der Waals surface area contributed by atoms with Crippen LogP contribution in [0.4, 0.5) is 5.69 Å². The molecule has 29 heavy (non-hydrogen) atoms. The molecule has 3 aliphatic heterocycles. The molecule has 4 rings (SSSR count). The molecule has 154 valence electrons. The zero-order valence-corrected chi connectivity index (χ0v) is 16.5. The van der Waals surface area contributed by atoms with Crippen molar-refractivity contribution >= 4 is 29.3 Å². The molecule has 0 radical (unpaired) electrons. The number of amides is 4. The van der Waals surface area contributed by atoms with Gasteiger partial charge >= 0.3 is 0 Å². The molecular weight excluding hydrogens is 372 g/mol. The van der Waals surface area contributed by atoms with Crippen molar-refractivity contribution in [1.82, 2.24) is 15.5 Å². The molecule has 8 nitrogen and oxygen atoms in total. The number of carbonyl (C=O) groups is 4. The van der Waals surface area contributed by atoms with Crippen LogP contribution in [-0.4, -0.2) is 53.7 Å². The van der Waals surface area contributed by atoms with Gasteiger partial charge in [-0.25, -0.2) is 0 Å². The number of hydrogen-bond acceptors (Lipinski definition) is 6. The number of piperidine rings is 2. The first-order valence-corrected chi connectivity index (χ1v) is 10.3. The Morgan fingerprint density at radius 1 is 1.07 bits per heavy atom. The first-order valence-electron chi connectivity index (χ1n) is 10.3. The Morgan fingerprint density at radius 2 is 1.79 bits per heavy atom.